The van der Waals surface area contributed by atoms with Gasteiger partial charge in [0.2, 0.25) is 0 Å². The molecule has 2 aliphatic carbocycles. The van der Waals surface area contributed by atoms with Crippen molar-refractivity contribution in [3.63, 3.8) is 0 Å². The molecule has 3 rings (SSSR count). The molecule has 1 aromatic carbocycles. The van der Waals surface area contributed by atoms with Gasteiger partial charge in [-0.1, -0.05) is 30.4 Å². The van der Waals surface area contributed by atoms with Gasteiger partial charge < -0.3 is 4.74 Å². The summed E-state index contributed by atoms with van der Waals surface area (Å²) in [5.74, 6) is -0.658. The molecule has 1 saturated carbocycles. The second kappa shape index (κ2) is 4.51. The highest BCUT2D eigenvalue weighted by Crippen LogP contribution is 2.53. The highest BCUT2D eigenvalue weighted by atomic mass is 16.5. The minimum absolute atomic E-state index is 0.0352. The first-order chi connectivity index (χ1) is 9.71. The monoisotopic (exact) mass is 264 g/mol. The van der Waals surface area contributed by atoms with Crippen LogP contribution in [-0.2, 0) is 4.74 Å². The number of rotatable bonds is 2. The van der Waals surface area contributed by atoms with Gasteiger partial charge in [0.05, 0.1) is 17.7 Å². The summed E-state index contributed by atoms with van der Waals surface area (Å²) in [6.07, 6.45) is 3.86. The zero-order valence-corrected chi connectivity index (χ0v) is 10.7. The van der Waals surface area contributed by atoms with Gasteiger partial charge in [0, 0.05) is 11.8 Å². The molecule has 1 fully saturated rings. The smallest absolute Gasteiger partial charge is 0.338 e. The minimum atomic E-state index is -1.25. The fourth-order valence-corrected chi connectivity index (χ4v) is 3.09. The van der Waals surface area contributed by atoms with Crippen molar-refractivity contribution < 1.29 is 9.53 Å². The van der Waals surface area contributed by atoms with E-state index in [0.717, 1.165) is 0 Å². The van der Waals surface area contributed by atoms with Crippen LogP contribution in [0.2, 0.25) is 0 Å². The maximum Gasteiger partial charge on any atom is 0.338 e. The van der Waals surface area contributed by atoms with Crippen LogP contribution in [0.15, 0.2) is 42.5 Å². The molecule has 2 bridgehead atoms. The molecule has 0 heterocycles. The minimum Gasteiger partial charge on any atom is -0.455 e. The highest BCUT2D eigenvalue weighted by molar-refractivity contribution is 5.89. The van der Waals surface area contributed by atoms with Gasteiger partial charge in [-0.2, -0.15) is 10.5 Å². The molecule has 4 heteroatoms. The third-order valence-electron chi connectivity index (χ3n) is 4.15. The van der Waals surface area contributed by atoms with E-state index >= 15 is 0 Å². The number of carbonyl (C=O) groups excluding carboxylic acids is 1. The van der Waals surface area contributed by atoms with Crippen LogP contribution >= 0.6 is 0 Å². The number of ether oxygens (including phenoxy) is 1. The van der Waals surface area contributed by atoms with Gasteiger partial charge in [-0.25, -0.2) is 4.79 Å². The Kier molecular flexibility index (Phi) is 2.80. The lowest BCUT2D eigenvalue weighted by Crippen LogP contribution is -2.39. The predicted molar refractivity (Wildman–Crippen MR) is 70.0 cm³/mol. The van der Waals surface area contributed by atoms with Crippen LogP contribution in [-0.4, -0.2) is 12.1 Å². The molecule has 2 aliphatic rings. The number of hydrogen-bond acceptors (Lipinski definition) is 4. The molecule has 0 amide bonds. The van der Waals surface area contributed by atoms with Crippen molar-refractivity contribution in [3.05, 3.63) is 48.0 Å². The molecule has 20 heavy (non-hydrogen) atoms. The number of hydrogen-bond donors (Lipinski definition) is 0. The van der Waals surface area contributed by atoms with E-state index in [1.54, 1.807) is 24.3 Å². The first-order valence-electron chi connectivity index (χ1n) is 6.48. The van der Waals surface area contributed by atoms with Crippen LogP contribution in [0.5, 0.6) is 0 Å². The van der Waals surface area contributed by atoms with Crippen molar-refractivity contribution in [2.75, 3.05) is 0 Å². The fourth-order valence-electron chi connectivity index (χ4n) is 3.09. The Morgan fingerprint density at radius 1 is 1.20 bits per heavy atom. The summed E-state index contributed by atoms with van der Waals surface area (Å²) in [5, 5.41) is 18.8. The predicted octanol–water partition coefficient (Wildman–Crippen LogP) is 2.45. The zero-order chi connectivity index (χ0) is 14.2. The summed E-state index contributed by atoms with van der Waals surface area (Å²) in [4.78, 5) is 12.1. The molecule has 0 aliphatic heterocycles. The van der Waals surface area contributed by atoms with Crippen LogP contribution in [0.1, 0.15) is 16.8 Å². The number of esters is 1. The number of nitriles is 2. The largest absolute Gasteiger partial charge is 0.455 e. The molecule has 0 spiro atoms. The Morgan fingerprint density at radius 3 is 2.55 bits per heavy atom. The first-order valence-corrected chi connectivity index (χ1v) is 6.48. The van der Waals surface area contributed by atoms with E-state index in [-0.39, 0.29) is 11.8 Å². The maximum atomic E-state index is 12.1. The Labute approximate surface area is 116 Å². The number of allylic oxidation sites excluding steroid dienone is 1. The van der Waals surface area contributed by atoms with Crippen molar-refractivity contribution >= 4 is 5.97 Å². The summed E-state index contributed by atoms with van der Waals surface area (Å²) in [6, 6.07) is 12.8. The van der Waals surface area contributed by atoms with Gasteiger partial charge in [0.1, 0.15) is 6.10 Å². The van der Waals surface area contributed by atoms with E-state index in [4.69, 9.17) is 4.74 Å². The zero-order valence-electron chi connectivity index (χ0n) is 10.7. The topological polar surface area (TPSA) is 73.9 Å². The van der Waals surface area contributed by atoms with Crippen LogP contribution in [0, 0.1) is 39.9 Å². The van der Waals surface area contributed by atoms with Crippen LogP contribution < -0.4 is 0 Å². The third-order valence-corrected chi connectivity index (χ3v) is 4.15. The Hall–Kier alpha value is -2.59. The molecular formula is C16H12N2O2. The van der Waals surface area contributed by atoms with E-state index in [2.05, 4.69) is 12.1 Å². The highest BCUT2D eigenvalue weighted by Gasteiger charge is 2.59. The van der Waals surface area contributed by atoms with Gasteiger partial charge in [-0.05, 0) is 18.6 Å². The van der Waals surface area contributed by atoms with Gasteiger partial charge in [-0.15, -0.1) is 0 Å². The second-order valence-electron chi connectivity index (χ2n) is 5.18. The lowest BCUT2D eigenvalue weighted by atomic mass is 9.76. The van der Waals surface area contributed by atoms with E-state index in [1.807, 2.05) is 18.2 Å². The Morgan fingerprint density at radius 2 is 1.90 bits per heavy atom. The van der Waals surface area contributed by atoms with Crippen molar-refractivity contribution in [1.82, 2.24) is 0 Å². The van der Waals surface area contributed by atoms with Gasteiger partial charge >= 0.3 is 5.97 Å². The van der Waals surface area contributed by atoms with Crippen LogP contribution in [0.3, 0.4) is 0 Å². The molecule has 0 radical (unpaired) electrons. The van der Waals surface area contributed by atoms with Gasteiger partial charge in [-0.3, -0.25) is 0 Å². The van der Waals surface area contributed by atoms with Crippen LogP contribution in [0.4, 0.5) is 0 Å². The lowest BCUT2D eigenvalue weighted by Gasteiger charge is -2.29. The quantitative estimate of drug-likeness (QED) is 0.607. The summed E-state index contributed by atoms with van der Waals surface area (Å²) in [5.41, 5.74) is -0.812. The van der Waals surface area contributed by atoms with E-state index in [1.165, 1.54) is 0 Å². The lowest BCUT2D eigenvalue weighted by molar-refractivity contribution is 0.00593. The van der Waals surface area contributed by atoms with Crippen molar-refractivity contribution in [1.29, 1.82) is 10.5 Å². The normalized spacial score (nSPS) is 28.6. The Balaban J connectivity index is 1.88. The molecule has 1 aromatic rings. The summed E-state index contributed by atoms with van der Waals surface area (Å²) in [6.45, 7) is 0. The molecule has 98 valence electrons. The standard InChI is InChI=1S/C16H12N2O2/c17-9-16(10-18)13-7-6-12(8-13)14(16)20-15(19)11-4-2-1-3-5-11/h1-7,12-14H,8H2. The third kappa shape index (κ3) is 1.62. The average Bonchev–Trinajstić information content (AvgIpc) is 3.08. The molecule has 0 saturated heterocycles. The molecule has 0 aromatic heterocycles. The Bertz CT molecular complexity index is 637. The molecule has 4 nitrogen and oxygen atoms in total. The summed E-state index contributed by atoms with van der Waals surface area (Å²) >= 11 is 0. The summed E-state index contributed by atoms with van der Waals surface area (Å²) < 4.78 is 5.49. The molecule has 3 atom stereocenters. The SMILES string of the molecule is N#CC1(C#N)C2C=CC(C2)C1OC(=O)c1ccccc1. The number of carbonyl (C=O) groups is 1. The molecular weight excluding hydrogens is 252 g/mol. The number of nitrogens with zero attached hydrogens (tertiary/aromatic N) is 2. The van der Waals surface area contributed by atoms with Crippen molar-refractivity contribution in [2.24, 2.45) is 17.3 Å². The van der Waals surface area contributed by atoms with E-state index in [9.17, 15) is 15.3 Å². The molecule has 0 N–H and O–H groups in total. The fraction of sp³-hybridized carbons (Fsp3) is 0.312. The first kappa shape index (κ1) is 12.4. The molecule has 3 unspecified atom stereocenters. The van der Waals surface area contributed by atoms with Crippen LogP contribution in [0.25, 0.3) is 0 Å². The van der Waals surface area contributed by atoms with Gasteiger partial charge in [0.25, 0.3) is 0 Å². The van der Waals surface area contributed by atoms with Crippen molar-refractivity contribution in [2.45, 2.75) is 12.5 Å². The second-order valence-corrected chi connectivity index (χ2v) is 5.18. The van der Waals surface area contributed by atoms with E-state index < -0.39 is 17.5 Å². The summed E-state index contributed by atoms with van der Waals surface area (Å²) in [7, 11) is 0. The number of fused-ring (bicyclic) bond motifs is 2. The number of benzene rings is 1. The van der Waals surface area contributed by atoms with E-state index in [0.29, 0.717) is 12.0 Å². The van der Waals surface area contributed by atoms with Crippen molar-refractivity contribution in [3.8, 4) is 12.1 Å². The van der Waals surface area contributed by atoms with Gasteiger partial charge in [0.15, 0.2) is 5.41 Å². The maximum absolute atomic E-state index is 12.1. The average molecular weight is 264 g/mol.